The van der Waals surface area contributed by atoms with Gasteiger partial charge in [-0.25, -0.2) is 15.0 Å². The molecule has 0 atom stereocenters. The van der Waals surface area contributed by atoms with Crippen LogP contribution in [-0.2, 0) is 0 Å². The molecule has 0 amide bonds. The summed E-state index contributed by atoms with van der Waals surface area (Å²) in [5.41, 5.74) is 12.2. The van der Waals surface area contributed by atoms with E-state index in [0.29, 0.717) is 17.3 Å². The summed E-state index contributed by atoms with van der Waals surface area (Å²) in [7, 11) is 3.18. The number of aromatic nitrogens is 3. The second kappa shape index (κ2) is 6.81. The molecule has 0 unspecified atom stereocenters. The van der Waals surface area contributed by atoms with Crippen molar-refractivity contribution in [3.63, 3.8) is 0 Å². The fraction of sp³-hybridized carbons (Fsp3) is 0.154. The number of anilines is 2. The van der Waals surface area contributed by atoms with Crippen molar-refractivity contribution in [2.45, 2.75) is 0 Å². The van der Waals surface area contributed by atoms with E-state index in [1.807, 2.05) is 0 Å². The Labute approximate surface area is 132 Å². The molecule has 2 aromatic rings. The minimum Gasteiger partial charge on any atom is -0.480 e. The lowest BCUT2D eigenvalue weighted by atomic mass is 10.3. The van der Waals surface area contributed by atoms with Crippen LogP contribution in [0.4, 0.5) is 11.5 Å². The fourth-order valence-corrected chi connectivity index (χ4v) is 1.91. The molecule has 0 saturated heterocycles. The van der Waals surface area contributed by atoms with E-state index in [-0.39, 0.29) is 22.3 Å². The Morgan fingerprint density at radius 1 is 1.27 bits per heavy atom. The van der Waals surface area contributed by atoms with Crippen molar-refractivity contribution in [1.82, 2.24) is 15.0 Å². The number of ether oxygens (including phenoxy) is 2. The van der Waals surface area contributed by atoms with E-state index >= 15 is 0 Å². The van der Waals surface area contributed by atoms with Crippen molar-refractivity contribution in [3.05, 3.63) is 35.5 Å². The first-order chi connectivity index (χ1) is 10.6. The van der Waals surface area contributed by atoms with Crippen LogP contribution < -0.4 is 26.3 Å². The smallest absolute Gasteiger partial charge is 0.232 e. The minimum absolute atomic E-state index is 0.266. The van der Waals surface area contributed by atoms with E-state index in [0.717, 1.165) is 0 Å². The van der Waals surface area contributed by atoms with Gasteiger partial charge < -0.3 is 26.3 Å². The molecule has 0 aromatic carbocycles. The average Bonchev–Trinajstić information content (AvgIpc) is 2.55. The van der Waals surface area contributed by atoms with Crippen LogP contribution in [-0.4, -0.2) is 29.1 Å². The van der Waals surface area contributed by atoms with Crippen molar-refractivity contribution < 1.29 is 9.47 Å². The zero-order valence-electron chi connectivity index (χ0n) is 12.0. The number of halogens is 1. The van der Waals surface area contributed by atoms with Crippen molar-refractivity contribution >= 4 is 28.9 Å². The Morgan fingerprint density at radius 3 is 2.59 bits per heavy atom. The summed E-state index contributed by atoms with van der Waals surface area (Å²) in [5.74, 6) is 1.20. The van der Waals surface area contributed by atoms with Crippen LogP contribution in [0.2, 0.25) is 5.02 Å². The van der Waals surface area contributed by atoms with Gasteiger partial charge in [0.2, 0.25) is 5.88 Å². The SMILES string of the molecule is CNc1c(N)ncc(O/C(=C/N)c2cnc(OC)cn2)c1Cl. The van der Waals surface area contributed by atoms with Crippen LogP contribution in [0.5, 0.6) is 11.6 Å². The molecule has 8 nitrogen and oxygen atoms in total. The van der Waals surface area contributed by atoms with E-state index in [1.165, 1.54) is 31.9 Å². The molecule has 0 spiro atoms. The zero-order chi connectivity index (χ0) is 16.1. The van der Waals surface area contributed by atoms with Crippen LogP contribution in [0, 0.1) is 0 Å². The number of rotatable bonds is 5. The van der Waals surface area contributed by atoms with Gasteiger partial charge in [-0.15, -0.1) is 0 Å². The van der Waals surface area contributed by atoms with E-state index in [2.05, 4.69) is 20.3 Å². The Kier molecular flexibility index (Phi) is 4.84. The maximum Gasteiger partial charge on any atom is 0.232 e. The lowest BCUT2D eigenvalue weighted by Gasteiger charge is -2.13. The van der Waals surface area contributed by atoms with Gasteiger partial charge in [-0.3, -0.25) is 0 Å². The summed E-state index contributed by atoms with van der Waals surface area (Å²) in [5, 5.41) is 3.14. The summed E-state index contributed by atoms with van der Waals surface area (Å²) in [6.07, 6.45) is 5.57. The summed E-state index contributed by atoms with van der Waals surface area (Å²) in [6.45, 7) is 0. The van der Waals surface area contributed by atoms with Gasteiger partial charge in [0.15, 0.2) is 11.5 Å². The number of nitrogens with zero attached hydrogens (tertiary/aromatic N) is 3. The summed E-state index contributed by atoms with van der Waals surface area (Å²) in [4.78, 5) is 12.2. The molecule has 9 heteroatoms. The van der Waals surface area contributed by atoms with Crippen molar-refractivity contribution in [1.29, 1.82) is 0 Å². The quantitative estimate of drug-likeness (QED) is 0.708. The fourth-order valence-electron chi connectivity index (χ4n) is 1.63. The number of nitrogens with two attached hydrogens (primary N) is 2. The first kappa shape index (κ1) is 15.6. The molecule has 5 N–H and O–H groups in total. The molecule has 0 aliphatic heterocycles. The Morgan fingerprint density at radius 2 is 2.05 bits per heavy atom. The van der Waals surface area contributed by atoms with E-state index in [1.54, 1.807) is 7.05 Å². The van der Waals surface area contributed by atoms with Crippen molar-refractivity contribution in [2.75, 3.05) is 25.2 Å². The first-order valence-corrected chi connectivity index (χ1v) is 6.56. The number of hydrogen-bond acceptors (Lipinski definition) is 8. The van der Waals surface area contributed by atoms with Crippen LogP contribution in [0.25, 0.3) is 5.76 Å². The number of nitrogens with one attached hydrogen (secondary N) is 1. The standard InChI is InChI=1S/C13H15ClN6O2/c1-17-12-11(14)9(5-20-13(12)16)22-8(3-15)7-4-19-10(21-2)6-18-7/h3-6,17H,15H2,1-2H3,(H2,16,20)/b8-3+. The van der Waals surface area contributed by atoms with E-state index in [4.69, 9.17) is 32.5 Å². The normalized spacial score (nSPS) is 11.1. The van der Waals surface area contributed by atoms with Crippen molar-refractivity contribution in [2.24, 2.45) is 5.73 Å². The maximum atomic E-state index is 6.22. The molecule has 22 heavy (non-hydrogen) atoms. The van der Waals surface area contributed by atoms with Crippen molar-refractivity contribution in [3.8, 4) is 11.6 Å². The molecular weight excluding hydrogens is 308 g/mol. The highest BCUT2D eigenvalue weighted by Gasteiger charge is 2.15. The molecule has 2 rings (SSSR count). The maximum absolute atomic E-state index is 6.22. The second-order valence-electron chi connectivity index (χ2n) is 4.02. The number of nitrogen functional groups attached to an aromatic ring is 1. The summed E-state index contributed by atoms with van der Waals surface area (Å²) >= 11 is 6.22. The summed E-state index contributed by atoms with van der Waals surface area (Å²) < 4.78 is 10.6. The van der Waals surface area contributed by atoms with Crippen LogP contribution in [0.15, 0.2) is 24.8 Å². The van der Waals surface area contributed by atoms with Gasteiger partial charge in [0.25, 0.3) is 0 Å². The number of hydrogen-bond donors (Lipinski definition) is 3. The third-order valence-electron chi connectivity index (χ3n) is 2.72. The monoisotopic (exact) mass is 322 g/mol. The van der Waals surface area contributed by atoms with E-state index < -0.39 is 0 Å². The predicted molar refractivity (Wildman–Crippen MR) is 84.6 cm³/mol. The third-order valence-corrected chi connectivity index (χ3v) is 3.10. The molecule has 0 aliphatic carbocycles. The Balaban J connectivity index is 2.31. The lowest BCUT2D eigenvalue weighted by molar-refractivity contribution is 0.395. The Hall–Kier alpha value is -2.74. The van der Waals surface area contributed by atoms with Gasteiger partial charge in [-0.2, -0.15) is 0 Å². The van der Waals surface area contributed by atoms with Gasteiger partial charge in [0.05, 0.1) is 31.4 Å². The topological polar surface area (TPSA) is 121 Å². The predicted octanol–water partition coefficient (Wildman–Crippen LogP) is 1.49. The average molecular weight is 323 g/mol. The highest BCUT2D eigenvalue weighted by molar-refractivity contribution is 6.35. The Bertz CT molecular complexity index is 690. The molecular formula is C13H15ClN6O2. The van der Waals surface area contributed by atoms with Crippen LogP contribution in [0.3, 0.4) is 0 Å². The second-order valence-corrected chi connectivity index (χ2v) is 4.40. The van der Waals surface area contributed by atoms with Gasteiger partial charge >= 0.3 is 0 Å². The molecule has 0 saturated carbocycles. The van der Waals surface area contributed by atoms with E-state index in [9.17, 15) is 0 Å². The summed E-state index contributed by atoms with van der Waals surface area (Å²) in [6, 6.07) is 0. The highest BCUT2D eigenvalue weighted by atomic mass is 35.5. The van der Waals surface area contributed by atoms with Gasteiger partial charge in [0, 0.05) is 13.2 Å². The molecule has 116 valence electrons. The van der Waals surface area contributed by atoms with Gasteiger partial charge in [-0.1, -0.05) is 11.6 Å². The van der Waals surface area contributed by atoms with Crippen LogP contribution >= 0.6 is 11.6 Å². The zero-order valence-corrected chi connectivity index (χ0v) is 12.8. The molecule has 2 heterocycles. The third kappa shape index (κ3) is 3.12. The molecule has 0 aliphatic rings. The van der Waals surface area contributed by atoms with Gasteiger partial charge in [-0.05, 0) is 0 Å². The number of pyridine rings is 1. The molecule has 0 bridgehead atoms. The first-order valence-electron chi connectivity index (χ1n) is 6.18. The number of methoxy groups -OCH3 is 1. The molecule has 0 fully saturated rings. The van der Waals surface area contributed by atoms with Gasteiger partial charge in [0.1, 0.15) is 16.5 Å². The lowest BCUT2D eigenvalue weighted by Crippen LogP contribution is -2.05. The van der Waals surface area contributed by atoms with Crippen LogP contribution in [0.1, 0.15) is 5.69 Å². The minimum atomic E-state index is 0.266. The largest absolute Gasteiger partial charge is 0.480 e. The molecule has 2 aromatic heterocycles. The highest BCUT2D eigenvalue weighted by Crippen LogP contribution is 2.36. The molecule has 0 radical (unpaired) electrons.